The number of nitrogens with zero attached hydrogens (tertiary/aromatic N) is 1. The summed E-state index contributed by atoms with van der Waals surface area (Å²) in [7, 11) is 0. The van der Waals surface area contributed by atoms with Gasteiger partial charge in [0.05, 0.1) is 10.7 Å². The van der Waals surface area contributed by atoms with Crippen molar-refractivity contribution < 1.29 is 0 Å². The third-order valence-corrected chi connectivity index (χ3v) is 5.11. The largest absolute Gasteiger partial charge is 0.382 e. The molecule has 1 saturated carbocycles. The second-order valence-electron chi connectivity index (χ2n) is 5.86. The zero-order chi connectivity index (χ0) is 14.7. The van der Waals surface area contributed by atoms with Crippen LogP contribution in [0.2, 0.25) is 0 Å². The fourth-order valence-corrected chi connectivity index (χ4v) is 3.78. The van der Waals surface area contributed by atoms with Crippen LogP contribution in [0, 0.1) is 12.8 Å². The summed E-state index contributed by atoms with van der Waals surface area (Å²) in [5.74, 6) is 0.601. The molecule has 2 aromatic rings. The number of hydrogen-bond donors (Lipinski definition) is 2. The lowest BCUT2D eigenvalue weighted by Crippen LogP contribution is -2.36. The first-order valence-corrected chi connectivity index (χ1v) is 8.63. The normalized spacial score (nSPS) is 22.2. The van der Waals surface area contributed by atoms with Crippen LogP contribution in [0.4, 0.5) is 5.69 Å². The highest BCUT2D eigenvalue weighted by Gasteiger charge is 2.23. The van der Waals surface area contributed by atoms with Crippen LogP contribution in [-0.2, 0) is 0 Å². The van der Waals surface area contributed by atoms with Crippen LogP contribution in [0.1, 0.15) is 30.7 Å². The third-order valence-electron chi connectivity index (χ3n) is 4.34. The number of benzene rings is 1. The van der Waals surface area contributed by atoms with Crippen LogP contribution in [-0.4, -0.2) is 17.6 Å². The minimum absolute atomic E-state index is 0.510. The van der Waals surface area contributed by atoms with Gasteiger partial charge >= 0.3 is 0 Å². The monoisotopic (exact) mass is 301 g/mol. The summed E-state index contributed by atoms with van der Waals surface area (Å²) in [6.45, 7) is 2.83. The Bertz CT molecular complexity index is 593. The van der Waals surface area contributed by atoms with Crippen LogP contribution in [0.5, 0.6) is 0 Å². The fourth-order valence-electron chi connectivity index (χ4n) is 3.16. The molecule has 0 spiro atoms. The SMILES string of the molecule is Cc1nc(-c2cccc(NC3CCCCC3CN)c2)cs1. The van der Waals surface area contributed by atoms with Crippen molar-refractivity contribution in [3.8, 4) is 11.3 Å². The first kappa shape index (κ1) is 14.5. The Morgan fingerprint density at radius 2 is 2.19 bits per heavy atom. The lowest BCUT2D eigenvalue weighted by molar-refractivity contribution is 0.332. The molecule has 3 nitrogen and oxygen atoms in total. The van der Waals surface area contributed by atoms with E-state index in [0.29, 0.717) is 12.0 Å². The highest BCUT2D eigenvalue weighted by molar-refractivity contribution is 7.09. The Morgan fingerprint density at radius 1 is 1.33 bits per heavy atom. The summed E-state index contributed by atoms with van der Waals surface area (Å²) in [5, 5.41) is 6.93. The molecule has 0 saturated heterocycles. The van der Waals surface area contributed by atoms with Crippen molar-refractivity contribution in [3.05, 3.63) is 34.7 Å². The molecule has 2 unspecified atom stereocenters. The molecule has 1 aromatic carbocycles. The lowest BCUT2D eigenvalue weighted by atomic mass is 9.84. The predicted octanol–water partition coefficient (Wildman–Crippen LogP) is 4.05. The molecule has 112 valence electrons. The summed E-state index contributed by atoms with van der Waals surface area (Å²) in [6, 6.07) is 9.09. The van der Waals surface area contributed by atoms with Crippen molar-refractivity contribution >= 4 is 17.0 Å². The van der Waals surface area contributed by atoms with Gasteiger partial charge in [0.15, 0.2) is 0 Å². The van der Waals surface area contributed by atoms with Gasteiger partial charge in [0.2, 0.25) is 0 Å². The van der Waals surface area contributed by atoms with Gasteiger partial charge in [-0.1, -0.05) is 25.0 Å². The minimum atomic E-state index is 0.510. The van der Waals surface area contributed by atoms with Crippen molar-refractivity contribution in [2.24, 2.45) is 11.7 Å². The Kier molecular flexibility index (Phi) is 4.56. The van der Waals surface area contributed by atoms with E-state index in [1.54, 1.807) is 11.3 Å². The van der Waals surface area contributed by atoms with Crippen LogP contribution < -0.4 is 11.1 Å². The van der Waals surface area contributed by atoms with E-state index in [0.717, 1.165) is 17.2 Å². The second-order valence-corrected chi connectivity index (χ2v) is 6.93. The number of anilines is 1. The molecule has 2 atom stereocenters. The molecule has 3 rings (SSSR count). The highest BCUT2D eigenvalue weighted by atomic mass is 32.1. The minimum Gasteiger partial charge on any atom is -0.382 e. The number of aryl methyl sites for hydroxylation is 1. The summed E-state index contributed by atoms with van der Waals surface area (Å²) < 4.78 is 0. The molecule has 1 heterocycles. The van der Waals surface area contributed by atoms with E-state index < -0.39 is 0 Å². The number of nitrogens with two attached hydrogens (primary N) is 1. The standard InChI is InChI=1S/C17H23N3S/c1-12-19-17(11-21-12)13-6-4-7-15(9-13)20-16-8-3-2-5-14(16)10-18/h4,6-7,9,11,14,16,20H,2-3,5,8,10,18H2,1H3. The van der Waals surface area contributed by atoms with Crippen molar-refractivity contribution in [2.45, 2.75) is 38.6 Å². The number of thiazole rings is 1. The van der Waals surface area contributed by atoms with E-state index in [2.05, 4.69) is 39.9 Å². The quantitative estimate of drug-likeness (QED) is 0.896. The molecule has 4 heteroatoms. The fraction of sp³-hybridized carbons (Fsp3) is 0.471. The topological polar surface area (TPSA) is 50.9 Å². The van der Waals surface area contributed by atoms with Crippen LogP contribution in [0.25, 0.3) is 11.3 Å². The Labute approximate surface area is 130 Å². The van der Waals surface area contributed by atoms with Gasteiger partial charge in [-0.3, -0.25) is 0 Å². The first-order valence-electron chi connectivity index (χ1n) is 7.75. The Hall–Kier alpha value is -1.39. The predicted molar refractivity (Wildman–Crippen MR) is 90.7 cm³/mol. The van der Waals surface area contributed by atoms with Crippen LogP contribution in [0.3, 0.4) is 0 Å². The first-order chi connectivity index (χ1) is 10.3. The molecule has 1 aliphatic rings. The van der Waals surface area contributed by atoms with E-state index >= 15 is 0 Å². The molecular formula is C17H23N3S. The lowest BCUT2D eigenvalue weighted by Gasteiger charge is -2.32. The van der Waals surface area contributed by atoms with Gasteiger partial charge in [0, 0.05) is 22.7 Å². The van der Waals surface area contributed by atoms with E-state index in [1.165, 1.54) is 36.9 Å². The van der Waals surface area contributed by atoms with Crippen LogP contribution >= 0.6 is 11.3 Å². The van der Waals surface area contributed by atoms with Gasteiger partial charge in [-0.25, -0.2) is 4.98 Å². The van der Waals surface area contributed by atoms with Gasteiger partial charge in [-0.05, 0) is 44.4 Å². The number of rotatable bonds is 4. The van der Waals surface area contributed by atoms with Gasteiger partial charge in [0.1, 0.15) is 0 Å². The van der Waals surface area contributed by atoms with Gasteiger partial charge in [-0.2, -0.15) is 0 Å². The van der Waals surface area contributed by atoms with Gasteiger partial charge < -0.3 is 11.1 Å². The second kappa shape index (κ2) is 6.58. The maximum atomic E-state index is 5.92. The molecule has 1 aliphatic carbocycles. The zero-order valence-electron chi connectivity index (χ0n) is 12.5. The number of nitrogens with one attached hydrogen (secondary N) is 1. The van der Waals surface area contributed by atoms with E-state index in [9.17, 15) is 0 Å². The summed E-state index contributed by atoms with van der Waals surface area (Å²) >= 11 is 1.70. The van der Waals surface area contributed by atoms with Crippen molar-refractivity contribution in [2.75, 3.05) is 11.9 Å². The van der Waals surface area contributed by atoms with Crippen molar-refractivity contribution in [3.63, 3.8) is 0 Å². The zero-order valence-corrected chi connectivity index (χ0v) is 13.3. The molecular weight excluding hydrogens is 278 g/mol. The Balaban J connectivity index is 1.76. The van der Waals surface area contributed by atoms with Crippen molar-refractivity contribution in [1.82, 2.24) is 4.98 Å². The van der Waals surface area contributed by atoms with Crippen LogP contribution in [0.15, 0.2) is 29.6 Å². The summed E-state index contributed by atoms with van der Waals surface area (Å²) in [6.07, 6.45) is 5.10. The molecule has 0 bridgehead atoms. The van der Waals surface area contributed by atoms with Gasteiger partial charge in [0.25, 0.3) is 0 Å². The van der Waals surface area contributed by atoms with Crippen molar-refractivity contribution in [1.29, 1.82) is 0 Å². The molecule has 0 amide bonds. The average Bonchev–Trinajstić information content (AvgIpc) is 2.95. The number of hydrogen-bond acceptors (Lipinski definition) is 4. The molecule has 1 aromatic heterocycles. The van der Waals surface area contributed by atoms with E-state index in [-0.39, 0.29) is 0 Å². The molecule has 3 N–H and O–H groups in total. The van der Waals surface area contributed by atoms with E-state index in [4.69, 9.17) is 5.73 Å². The maximum absolute atomic E-state index is 5.92. The van der Waals surface area contributed by atoms with E-state index in [1.807, 2.05) is 6.92 Å². The molecule has 21 heavy (non-hydrogen) atoms. The smallest absolute Gasteiger partial charge is 0.0901 e. The number of aromatic nitrogens is 1. The molecule has 1 fully saturated rings. The molecule has 0 radical (unpaired) electrons. The third kappa shape index (κ3) is 3.44. The maximum Gasteiger partial charge on any atom is 0.0901 e. The highest BCUT2D eigenvalue weighted by Crippen LogP contribution is 2.29. The molecule has 0 aliphatic heterocycles. The summed E-state index contributed by atoms with van der Waals surface area (Å²) in [5.41, 5.74) is 9.36. The Morgan fingerprint density at radius 3 is 2.95 bits per heavy atom. The summed E-state index contributed by atoms with van der Waals surface area (Å²) in [4.78, 5) is 4.57. The van der Waals surface area contributed by atoms with Gasteiger partial charge in [-0.15, -0.1) is 11.3 Å². The average molecular weight is 301 g/mol.